The first-order valence-electron chi connectivity index (χ1n) is 4.20. The van der Waals surface area contributed by atoms with Crippen LogP contribution < -0.4 is 0 Å². The maximum absolute atomic E-state index is 4.08. The summed E-state index contributed by atoms with van der Waals surface area (Å²) in [6.45, 7) is 0. The highest BCUT2D eigenvalue weighted by atomic mass is 32.1. The molecule has 0 bridgehead atoms. The summed E-state index contributed by atoms with van der Waals surface area (Å²) in [4.78, 5) is 0. The molecule has 2 aromatic rings. The van der Waals surface area contributed by atoms with Crippen LogP contribution in [0.2, 0.25) is 0 Å². The first-order valence-corrected chi connectivity index (χ1v) is 4.72. The van der Waals surface area contributed by atoms with Crippen molar-refractivity contribution in [2.45, 2.75) is 0 Å². The van der Waals surface area contributed by atoms with Gasteiger partial charge in [-0.05, 0) is 27.8 Å². The summed E-state index contributed by atoms with van der Waals surface area (Å²) in [6.07, 6.45) is 2.01. The molecule has 64 valence electrons. The SMILES string of the molecule is S/C=C/c1cccc2ccccc12. The lowest BCUT2D eigenvalue weighted by atomic mass is 10.1. The van der Waals surface area contributed by atoms with E-state index in [-0.39, 0.29) is 0 Å². The Hall–Kier alpha value is -1.21. The molecule has 0 nitrogen and oxygen atoms in total. The molecule has 13 heavy (non-hydrogen) atoms. The zero-order valence-corrected chi connectivity index (χ0v) is 8.04. The monoisotopic (exact) mass is 186 g/mol. The second-order valence-corrected chi connectivity index (χ2v) is 3.18. The molecule has 0 saturated heterocycles. The average molecular weight is 186 g/mol. The molecule has 0 heterocycles. The molecule has 0 radical (unpaired) electrons. The second-order valence-electron chi connectivity index (χ2n) is 2.88. The molecule has 2 rings (SSSR count). The molecule has 0 aromatic heterocycles. The predicted molar refractivity (Wildman–Crippen MR) is 62.0 cm³/mol. The lowest BCUT2D eigenvalue weighted by molar-refractivity contribution is 1.72. The maximum atomic E-state index is 4.08. The summed E-state index contributed by atoms with van der Waals surface area (Å²) in [5.41, 5.74) is 1.22. The standard InChI is InChI=1S/C12H10S/c13-9-8-11-6-3-5-10-4-1-2-7-12(10)11/h1-9,13H/b9-8+. The number of hydrogen-bond acceptors (Lipinski definition) is 1. The molecule has 1 heteroatoms. The fourth-order valence-corrected chi connectivity index (χ4v) is 1.64. The van der Waals surface area contributed by atoms with Crippen LogP contribution in [0.4, 0.5) is 0 Å². The van der Waals surface area contributed by atoms with Gasteiger partial charge in [0.15, 0.2) is 0 Å². The Morgan fingerprint density at radius 1 is 0.923 bits per heavy atom. The van der Waals surface area contributed by atoms with Crippen LogP contribution in [0.1, 0.15) is 5.56 Å². The van der Waals surface area contributed by atoms with E-state index in [4.69, 9.17) is 0 Å². The van der Waals surface area contributed by atoms with E-state index >= 15 is 0 Å². The molecule has 0 spiro atoms. The van der Waals surface area contributed by atoms with Gasteiger partial charge in [0.25, 0.3) is 0 Å². The average Bonchev–Trinajstić information content (AvgIpc) is 2.19. The molecule has 0 saturated carbocycles. The minimum absolute atomic E-state index is 1.22. The zero-order chi connectivity index (χ0) is 9.10. The van der Waals surface area contributed by atoms with E-state index in [1.54, 1.807) is 5.41 Å². The van der Waals surface area contributed by atoms with E-state index in [1.165, 1.54) is 16.3 Å². The van der Waals surface area contributed by atoms with Crippen molar-refractivity contribution in [1.29, 1.82) is 0 Å². The van der Waals surface area contributed by atoms with Gasteiger partial charge in [0.2, 0.25) is 0 Å². The maximum Gasteiger partial charge on any atom is -0.0111 e. The predicted octanol–water partition coefficient (Wildman–Crippen LogP) is 3.74. The van der Waals surface area contributed by atoms with Crippen LogP contribution in [0, 0.1) is 0 Å². The van der Waals surface area contributed by atoms with Gasteiger partial charge < -0.3 is 0 Å². The van der Waals surface area contributed by atoms with Gasteiger partial charge in [-0.3, -0.25) is 0 Å². The highest BCUT2D eigenvalue weighted by Gasteiger charge is 1.94. The van der Waals surface area contributed by atoms with E-state index in [0.29, 0.717) is 0 Å². The Bertz CT molecular complexity index is 438. The third-order valence-corrected chi connectivity index (χ3v) is 2.23. The minimum atomic E-state index is 1.22. The van der Waals surface area contributed by atoms with Crippen molar-refractivity contribution in [3.05, 3.63) is 53.4 Å². The number of benzene rings is 2. The second kappa shape index (κ2) is 3.67. The van der Waals surface area contributed by atoms with Crippen molar-refractivity contribution in [2.24, 2.45) is 0 Å². The summed E-state index contributed by atoms with van der Waals surface area (Å²) in [5.74, 6) is 0. The van der Waals surface area contributed by atoms with E-state index in [9.17, 15) is 0 Å². The molecular formula is C12H10S. The molecular weight excluding hydrogens is 176 g/mol. The summed E-state index contributed by atoms with van der Waals surface area (Å²) >= 11 is 4.08. The van der Waals surface area contributed by atoms with Crippen molar-refractivity contribution >= 4 is 29.5 Å². The van der Waals surface area contributed by atoms with Crippen molar-refractivity contribution in [2.75, 3.05) is 0 Å². The van der Waals surface area contributed by atoms with E-state index in [2.05, 4.69) is 55.1 Å². The molecule has 0 unspecified atom stereocenters. The molecule has 0 aliphatic rings. The topological polar surface area (TPSA) is 0 Å². The van der Waals surface area contributed by atoms with Gasteiger partial charge in [-0.25, -0.2) is 0 Å². The van der Waals surface area contributed by atoms with Crippen LogP contribution >= 0.6 is 12.6 Å². The van der Waals surface area contributed by atoms with Crippen LogP contribution in [0.3, 0.4) is 0 Å². The van der Waals surface area contributed by atoms with E-state index in [1.807, 2.05) is 6.08 Å². The summed E-state index contributed by atoms with van der Waals surface area (Å²) < 4.78 is 0. The van der Waals surface area contributed by atoms with E-state index in [0.717, 1.165) is 0 Å². The first-order chi connectivity index (χ1) is 6.42. The van der Waals surface area contributed by atoms with Gasteiger partial charge in [0.1, 0.15) is 0 Å². The molecule has 0 amide bonds. The highest BCUT2D eigenvalue weighted by molar-refractivity contribution is 7.83. The first kappa shape index (κ1) is 8.39. The molecule has 0 aliphatic carbocycles. The van der Waals surface area contributed by atoms with Crippen LogP contribution in [-0.2, 0) is 0 Å². The summed E-state index contributed by atoms with van der Waals surface area (Å²) in [7, 11) is 0. The third-order valence-electron chi connectivity index (χ3n) is 2.08. The number of rotatable bonds is 1. The third kappa shape index (κ3) is 1.61. The van der Waals surface area contributed by atoms with Gasteiger partial charge in [0, 0.05) is 0 Å². The Labute approximate surface area is 83.3 Å². The van der Waals surface area contributed by atoms with Crippen LogP contribution in [0.15, 0.2) is 47.9 Å². The van der Waals surface area contributed by atoms with Gasteiger partial charge in [0.05, 0.1) is 0 Å². The Kier molecular flexibility index (Phi) is 2.37. The molecule has 0 fully saturated rings. The van der Waals surface area contributed by atoms with Crippen LogP contribution in [0.5, 0.6) is 0 Å². The molecule has 2 aromatic carbocycles. The van der Waals surface area contributed by atoms with Crippen LogP contribution in [-0.4, -0.2) is 0 Å². The highest BCUT2D eigenvalue weighted by Crippen LogP contribution is 2.19. The summed E-state index contributed by atoms with van der Waals surface area (Å²) in [5, 5.41) is 4.31. The normalized spacial score (nSPS) is 11.2. The Morgan fingerprint density at radius 2 is 1.69 bits per heavy atom. The Morgan fingerprint density at radius 3 is 2.54 bits per heavy atom. The lowest BCUT2D eigenvalue weighted by Crippen LogP contribution is -1.76. The molecule has 0 N–H and O–H groups in total. The quantitative estimate of drug-likeness (QED) is 0.644. The van der Waals surface area contributed by atoms with Gasteiger partial charge >= 0.3 is 0 Å². The van der Waals surface area contributed by atoms with E-state index < -0.39 is 0 Å². The van der Waals surface area contributed by atoms with Crippen molar-refractivity contribution in [1.82, 2.24) is 0 Å². The number of fused-ring (bicyclic) bond motifs is 1. The summed E-state index contributed by atoms with van der Waals surface area (Å²) in [6, 6.07) is 14.6. The molecule has 0 atom stereocenters. The minimum Gasteiger partial charge on any atom is -0.151 e. The Balaban J connectivity index is 2.75. The fraction of sp³-hybridized carbons (Fsp3) is 0. The molecule has 0 aliphatic heterocycles. The van der Waals surface area contributed by atoms with Gasteiger partial charge in [-0.15, -0.1) is 0 Å². The van der Waals surface area contributed by atoms with Crippen molar-refractivity contribution < 1.29 is 0 Å². The largest absolute Gasteiger partial charge is 0.151 e. The smallest absolute Gasteiger partial charge is 0.0111 e. The zero-order valence-electron chi connectivity index (χ0n) is 7.14. The number of thiol groups is 1. The van der Waals surface area contributed by atoms with Crippen molar-refractivity contribution in [3.8, 4) is 0 Å². The fourth-order valence-electron chi connectivity index (χ4n) is 1.48. The van der Waals surface area contributed by atoms with Crippen LogP contribution in [0.25, 0.3) is 16.8 Å². The van der Waals surface area contributed by atoms with Gasteiger partial charge in [-0.1, -0.05) is 42.5 Å². The van der Waals surface area contributed by atoms with Crippen molar-refractivity contribution in [3.63, 3.8) is 0 Å². The lowest BCUT2D eigenvalue weighted by Gasteiger charge is -2.00. The number of hydrogen-bond donors (Lipinski definition) is 1. The van der Waals surface area contributed by atoms with Gasteiger partial charge in [-0.2, -0.15) is 12.6 Å².